The molecule has 3 heterocycles. The van der Waals surface area contributed by atoms with Crippen molar-refractivity contribution in [2.24, 2.45) is 0 Å². The van der Waals surface area contributed by atoms with Crippen molar-refractivity contribution >= 4 is 17.5 Å². The molecule has 0 bridgehead atoms. The van der Waals surface area contributed by atoms with E-state index in [2.05, 4.69) is 4.98 Å². The molecule has 3 rings (SSSR count). The molecule has 1 aliphatic rings. The van der Waals surface area contributed by atoms with Gasteiger partial charge >= 0.3 is 5.97 Å². The highest BCUT2D eigenvalue weighted by Crippen LogP contribution is 2.20. The molecular weight excluding hydrogens is 258 g/mol. The van der Waals surface area contributed by atoms with E-state index in [9.17, 15) is 9.59 Å². The van der Waals surface area contributed by atoms with Crippen LogP contribution in [0.15, 0.2) is 24.4 Å². The predicted molar refractivity (Wildman–Crippen MR) is 71.6 cm³/mol. The molecule has 6 nitrogen and oxygen atoms in total. The van der Waals surface area contributed by atoms with Crippen LogP contribution in [0.5, 0.6) is 0 Å². The Labute approximate surface area is 115 Å². The zero-order chi connectivity index (χ0) is 14.3. The molecule has 0 saturated carbocycles. The van der Waals surface area contributed by atoms with Crippen LogP contribution in [0.4, 0.5) is 0 Å². The van der Waals surface area contributed by atoms with Crippen LogP contribution in [0.2, 0.25) is 0 Å². The van der Waals surface area contributed by atoms with E-state index in [0.717, 1.165) is 12.1 Å². The van der Waals surface area contributed by atoms with Gasteiger partial charge in [-0.2, -0.15) is 0 Å². The third-order valence-electron chi connectivity index (χ3n) is 3.71. The fourth-order valence-electron chi connectivity index (χ4n) is 2.67. The molecule has 1 N–H and O–H groups in total. The molecule has 2 aromatic rings. The molecule has 0 aromatic carbocycles. The van der Waals surface area contributed by atoms with Crippen molar-refractivity contribution in [3.63, 3.8) is 0 Å². The van der Waals surface area contributed by atoms with Crippen molar-refractivity contribution in [2.45, 2.75) is 25.8 Å². The van der Waals surface area contributed by atoms with E-state index in [1.54, 1.807) is 6.20 Å². The molecule has 1 atom stereocenters. The number of aliphatic carboxylic acids is 1. The maximum atomic E-state index is 12.4. The van der Waals surface area contributed by atoms with Gasteiger partial charge < -0.3 is 14.4 Å². The minimum absolute atomic E-state index is 0.299. The summed E-state index contributed by atoms with van der Waals surface area (Å²) in [4.78, 5) is 29.3. The lowest BCUT2D eigenvalue weighted by atomic mass is 10.2. The molecule has 1 aliphatic heterocycles. The van der Waals surface area contributed by atoms with Crippen molar-refractivity contribution in [1.82, 2.24) is 14.3 Å². The van der Waals surface area contributed by atoms with Crippen LogP contribution in [0.3, 0.4) is 0 Å². The van der Waals surface area contributed by atoms with Gasteiger partial charge in [0.2, 0.25) is 0 Å². The van der Waals surface area contributed by atoms with Gasteiger partial charge in [0, 0.05) is 18.4 Å². The molecule has 104 valence electrons. The number of pyridine rings is 1. The van der Waals surface area contributed by atoms with Gasteiger partial charge in [0.25, 0.3) is 5.91 Å². The third-order valence-corrected chi connectivity index (χ3v) is 3.71. The molecule has 0 aliphatic carbocycles. The van der Waals surface area contributed by atoms with Crippen LogP contribution >= 0.6 is 0 Å². The topological polar surface area (TPSA) is 74.9 Å². The monoisotopic (exact) mass is 273 g/mol. The first-order valence-electron chi connectivity index (χ1n) is 6.56. The fourth-order valence-corrected chi connectivity index (χ4v) is 2.67. The van der Waals surface area contributed by atoms with Crippen LogP contribution in [0.25, 0.3) is 5.65 Å². The van der Waals surface area contributed by atoms with Gasteiger partial charge in [-0.25, -0.2) is 9.78 Å². The number of rotatable bonds is 2. The Kier molecular flexibility index (Phi) is 2.93. The number of aryl methyl sites for hydroxylation is 1. The van der Waals surface area contributed by atoms with Crippen molar-refractivity contribution in [3.05, 3.63) is 35.8 Å². The summed E-state index contributed by atoms with van der Waals surface area (Å²) in [5.41, 5.74) is 1.97. The summed E-state index contributed by atoms with van der Waals surface area (Å²) in [5, 5.41) is 9.14. The van der Waals surface area contributed by atoms with E-state index < -0.39 is 12.0 Å². The molecule has 1 amide bonds. The van der Waals surface area contributed by atoms with Crippen LogP contribution in [-0.2, 0) is 4.79 Å². The van der Waals surface area contributed by atoms with E-state index in [4.69, 9.17) is 5.11 Å². The van der Waals surface area contributed by atoms with Gasteiger partial charge in [0.1, 0.15) is 17.4 Å². The average molecular weight is 273 g/mol. The Bertz CT molecular complexity index is 692. The van der Waals surface area contributed by atoms with Crippen molar-refractivity contribution in [2.75, 3.05) is 6.54 Å². The summed E-state index contributed by atoms with van der Waals surface area (Å²) in [6.07, 6.45) is 2.90. The minimum Gasteiger partial charge on any atom is -0.480 e. The number of fused-ring (bicyclic) bond motifs is 1. The Morgan fingerprint density at radius 2 is 2.20 bits per heavy atom. The van der Waals surface area contributed by atoms with Gasteiger partial charge in [0.15, 0.2) is 0 Å². The summed E-state index contributed by atoms with van der Waals surface area (Å²) in [6.45, 7) is 2.40. The van der Waals surface area contributed by atoms with Crippen LogP contribution in [0.1, 0.15) is 29.0 Å². The lowest BCUT2D eigenvalue weighted by Crippen LogP contribution is -2.40. The van der Waals surface area contributed by atoms with Gasteiger partial charge in [-0.15, -0.1) is 0 Å². The highest BCUT2D eigenvalue weighted by Gasteiger charge is 2.35. The van der Waals surface area contributed by atoms with Crippen LogP contribution in [-0.4, -0.2) is 43.9 Å². The summed E-state index contributed by atoms with van der Waals surface area (Å²) in [7, 11) is 0. The maximum absolute atomic E-state index is 12.4. The minimum atomic E-state index is -0.948. The molecule has 0 unspecified atom stereocenters. The standard InChI is InChI=1S/C14H15N3O3/c1-9-4-2-6-12-15-10(8-17(9)12)13(18)16-7-3-5-11(16)14(19)20/h2,4,6,8,11H,3,5,7H2,1H3,(H,19,20)/t11-/m0/s1. The number of carbonyl (C=O) groups excluding carboxylic acids is 1. The summed E-state index contributed by atoms with van der Waals surface area (Å²) in [6, 6.07) is 4.90. The van der Waals surface area contributed by atoms with Gasteiger partial charge in [-0.05, 0) is 31.9 Å². The number of likely N-dealkylation sites (tertiary alicyclic amines) is 1. The number of hydrogen-bond acceptors (Lipinski definition) is 3. The number of hydrogen-bond donors (Lipinski definition) is 1. The molecule has 20 heavy (non-hydrogen) atoms. The Morgan fingerprint density at radius 1 is 1.40 bits per heavy atom. The number of carbonyl (C=O) groups is 2. The van der Waals surface area contributed by atoms with E-state index in [-0.39, 0.29) is 5.91 Å². The number of carboxylic acids is 1. The SMILES string of the molecule is Cc1cccc2nc(C(=O)N3CCC[C@H]3C(=O)O)cn12. The van der Waals surface area contributed by atoms with Crippen LogP contribution < -0.4 is 0 Å². The van der Waals surface area contributed by atoms with E-state index in [1.165, 1.54) is 4.90 Å². The van der Waals surface area contributed by atoms with Gasteiger partial charge in [-0.1, -0.05) is 6.07 Å². The van der Waals surface area contributed by atoms with Gasteiger partial charge in [0.05, 0.1) is 0 Å². The second-order valence-electron chi connectivity index (χ2n) is 5.02. The molecule has 1 saturated heterocycles. The first-order chi connectivity index (χ1) is 9.58. The Balaban J connectivity index is 1.96. The Morgan fingerprint density at radius 3 is 2.90 bits per heavy atom. The summed E-state index contributed by atoms with van der Waals surface area (Å²) < 4.78 is 1.83. The van der Waals surface area contributed by atoms with E-state index in [0.29, 0.717) is 24.3 Å². The lowest BCUT2D eigenvalue weighted by Gasteiger charge is -2.19. The number of imidazole rings is 1. The molecule has 0 spiro atoms. The summed E-state index contributed by atoms with van der Waals surface area (Å²) in [5.74, 6) is -1.26. The highest BCUT2D eigenvalue weighted by molar-refractivity contribution is 5.95. The first kappa shape index (κ1) is 12.7. The molecule has 0 radical (unpaired) electrons. The Hall–Kier alpha value is -2.37. The quantitative estimate of drug-likeness (QED) is 0.895. The second-order valence-corrected chi connectivity index (χ2v) is 5.02. The lowest BCUT2D eigenvalue weighted by molar-refractivity contribution is -0.141. The molecular formula is C14H15N3O3. The fraction of sp³-hybridized carbons (Fsp3) is 0.357. The third kappa shape index (κ3) is 1.93. The highest BCUT2D eigenvalue weighted by atomic mass is 16.4. The maximum Gasteiger partial charge on any atom is 0.326 e. The average Bonchev–Trinajstić information content (AvgIpc) is 3.05. The van der Waals surface area contributed by atoms with Gasteiger partial charge in [-0.3, -0.25) is 4.79 Å². The normalized spacial score (nSPS) is 18.6. The molecule has 1 fully saturated rings. The molecule has 2 aromatic heterocycles. The smallest absolute Gasteiger partial charge is 0.326 e. The number of aromatic nitrogens is 2. The number of carboxylic acid groups (broad SMARTS) is 1. The van der Waals surface area contributed by atoms with E-state index >= 15 is 0 Å². The number of amides is 1. The number of nitrogens with zero attached hydrogens (tertiary/aromatic N) is 3. The van der Waals surface area contributed by atoms with Crippen molar-refractivity contribution in [3.8, 4) is 0 Å². The largest absolute Gasteiger partial charge is 0.480 e. The van der Waals surface area contributed by atoms with Crippen molar-refractivity contribution < 1.29 is 14.7 Å². The van der Waals surface area contributed by atoms with Crippen LogP contribution in [0, 0.1) is 6.92 Å². The van der Waals surface area contributed by atoms with Crippen molar-refractivity contribution in [1.29, 1.82) is 0 Å². The second kappa shape index (κ2) is 4.63. The zero-order valence-corrected chi connectivity index (χ0v) is 11.1. The predicted octanol–water partition coefficient (Wildman–Crippen LogP) is 1.33. The molecule has 6 heteroatoms. The van der Waals surface area contributed by atoms with E-state index in [1.807, 2.05) is 29.5 Å². The summed E-state index contributed by atoms with van der Waals surface area (Å²) >= 11 is 0. The first-order valence-corrected chi connectivity index (χ1v) is 6.56. The zero-order valence-electron chi connectivity index (χ0n) is 11.1.